The lowest BCUT2D eigenvalue weighted by Gasteiger charge is -2.40. The second-order valence-corrected chi connectivity index (χ2v) is 7.31. The summed E-state index contributed by atoms with van der Waals surface area (Å²) in [6, 6.07) is 8.57. The Morgan fingerprint density at radius 1 is 1.35 bits per heavy atom. The molecule has 0 amide bonds. The Balaban J connectivity index is 1.51. The molecule has 6 nitrogen and oxygen atoms in total. The predicted octanol–water partition coefficient (Wildman–Crippen LogP) is 2.92. The Hall–Kier alpha value is -2.50. The second-order valence-electron chi connectivity index (χ2n) is 7.31. The average molecular weight is 353 g/mol. The third-order valence-electron chi connectivity index (χ3n) is 5.58. The van der Waals surface area contributed by atoms with Crippen LogP contribution < -0.4 is 15.4 Å². The molecule has 0 saturated heterocycles. The van der Waals surface area contributed by atoms with Crippen molar-refractivity contribution in [3.63, 3.8) is 0 Å². The number of nitrogens with one attached hydrogen (secondary N) is 2. The molecule has 2 aliphatic rings. The Morgan fingerprint density at radius 3 is 2.88 bits per heavy atom. The maximum Gasteiger partial charge on any atom is 0.191 e. The molecule has 1 fully saturated rings. The van der Waals surface area contributed by atoms with E-state index in [1.165, 1.54) is 18.4 Å². The fourth-order valence-corrected chi connectivity index (χ4v) is 4.16. The maximum absolute atomic E-state index is 6.45. The summed E-state index contributed by atoms with van der Waals surface area (Å²) in [6.07, 6.45) is 9.52. The highest BCUT2D eigenvalue weighted by Crippen LogP contribution is 2.46. The molecule has 26 heavy (non-hydrogen) atoms. The van der Waals surface area contributed by atoms with E-state index in [-0.39, 0.29) is 11.6 Å². The van der Waals surface area contributed by atoms with Crippen molar-refractivity contribution < 1.29 is 4.74 Å². The predicted molar refractivity (Wildman–Crippen MR) is 102 cm³/mol. The monoisotopic (exact) mass is 353 g/mol. The molecule has 2 aromatic rings. The normalized spacial score (nSPS) is 21.3. The van der Waals surface area contributed by atoms with E-state index in [1.807, 2.05) is 31.1 Å². The van der Waals surface area contributed by atoms with Crippen molar-refractivity contribution >= 4 is 5.96 Å². The molecule has 138 valence electrons. The lowest BCUT2D eigenvalue weighted by atomic mass is 9.86. The Kier molecular flexibility index (Phi) is 4.57. The van der Waals surface area contributed by atoms with Crippen molar-refractivity contribution in [1.29, 1.82) is 0 Å². The molecule has 1 spiro atoms. The Morgan fingerprint density at radius 2 is 2.15 bits per heavy atom. The van der Waals surface area contributed by atoms with E-state index in [9.17, 15) is 0 Å². The summed E-state index contributed by atoms with van der Waals surface area (Å²) in [5, 5.41) is 7.00. The number of rotatable bonds is 3. The highest BCUT2D eigenvalue weighted by Gasteiger charge is 2.43. The number of ether oxygens (including phenoxy) is 1. The fourth-order valence-electron chi connectivity index (χ4n) is 4.16. The number of aliphatic imine (C=N–C) groups is 1. The highest BCUT2D eigenvalue weighted by molar-refractivity contribution is 5.80. The van der Waals surface area contributed by atoms with E-state index in [0.717, 1.165) is 36.8 Å². The van der Waals surface area contributed by atoms with Gasteiger partial charge in [-0.3, -0.25) is 4.99 Å². The molecule has 1 aliphatic heterocycles. The minimum atomic E-state index is -0.0233. The number of guanidine groups is 1. The summed E-state index contributed by atoms with van der Waals surface area (Å²) in [5.41, 5.74) is 1.19. The van der Waals surface area contributed by atoms with Gasteiger partial charge in [-0.05, 0) is 31.7 Å². The molecule has 0 bridgehead atoms. The number of hydrogen-bond acceptors (Lipinski definition) is 3. The van der Waals surface area contributed by atoms with Crippen molar-refractivity contribution in [3.8, 4) is 5.75 Å². The topological polar surface area (TPSA) is 63.5 Å². The SMILES string of the molecule is CN=C(NCc1nccn1C)NC1CC2(CCCC2)Oc2ccccc21. The summed E-state index contributed by atoms with van der Waals surface area (Å²) < 4.78 is 8.46. The number of aromatic nitrogens is 2. The van der Waals surface area contributed by atoms with Crippen molar-refractivity contribution in [3.05, 3.63) is 48.0 Å². The average Bonchev–Trinajstić information content (AvgIpc) is 3.27. The lowest BCUT2D eigenvalue weighted by molar-refractivity contribution is 0.0396. The van der Waals surface area contributed by atoms with Crippen molar-refractivity contribution in [2.45, 2.75) is 50.3 Å². The van der Waals surface area contributed by atoms with Crippen LogP contribution in [0.25, 0.3) is 0 Å². The molecule has 2 N–H and O–H groups in total. The van der Waals surface area contributed by atoms with Crippen LogP contribution in [0.3, 0.4) is 0 Å². The number of fused-ring (bicyclic) bond motifs is 1. The van der Waals surface area contributed by atoms with Gasteiger partial charge in [0.05, 0.1) is 12.6 Å². The zero-order valence-corrected chi connectivity index (χ0v) is 15.5. The van der Waals surface area contributed by atoms with Gasteiger partial charge in [0.15, 0.2) is 5.96 Å². The first kappa shape index (κ1) is 16.9. The van der Waals surface area contributed by atoms with E-state index in [0.29, 0.717) is 6.54 Å². The van der Waals surface area contributed by atoms with Gasteiger partial charge in [0.25, 0.3) is 0 Å². The quantitative estimate of drug-likeness (QED) is 0.658. The third kappa shape index (κ3) is 3.28. The number of imidazole rings is 1. The Bertz CT molecular complexity index is 791. The van der Waals surface area contributed by atoms with E-state index >= 15 is 0 Å². The third-order valence-corrected chi connectivity index (χ3v) is 5.58. The van der Waals surface area contributed by atoms with Gasteiger partial charge in [-0.1, -0.05) is 18.2 Å². The molecule has 2 heterocycles. The molecule has 1 aromatic carbocycles. The van der Waals surface area contributed by atoms with Crippen LogP contribution >= 0.6 is 0 Å². The molecule has 0 radical (unpaired) electrons. The number of benzene rings is 1. The van der Waals surface area contributed by atoms with Crippen molar-refractivity contribution in [2.75, 3.05) is 7.05 Å². The van der Waals surface area contributed by atoms with Crippen LogP contribution in [-0.4, -0.2) is 28.2 Å². The van der Waals surface area contributed by atoms with Gasteiger partial charge in [0, 0.05) is 38.5 Å². The van der Waals surface area contributed by atoms with Gasteiger partial charge in [0.1, 0.15) is 17.2 Å². The molecule has 1 aliphatic carbocycles. The molecular formula is C20H27N5O. The maximum atomic E-state index is 6.45. The molecule has 4 rings (SSSR count). The van der Waals surface area contributed by atoms with Gasteiger partial charge >= 0.3 is 0 Å². The van der Waals surface area contributed by atoms with E-state index in [2.05, 4.69) is 44.9 Å². The Labute approximate surface area is 154 Å². The van der Waals surface area contributed by atoms with Crippen LogP contribution in [0.4, 0.5) is 0 Å². The summed E-state index contributed by atoms with van der Waals surface area (Å²) >= 11 is 0. The standard InChI is InChI=1S/C20H27N5O/c1-21-19(23-14-18-22-11-12-25(18)2)24-16-13-20(9-5-6-10-20)26-17-8-4-3-7-15(16)17/h3-4,7-8,11-12,16H,5-6,9-10,13-14H2,1-2H3,(H2,21,23,24). The molecule has 1 atom stereocenters. The largest absolute Gasteiger partial charge is 0.487 e. The number of para-hydroxylation sites is 1. The highest BCUT2D eigenvalue weighted by atomic mass is 16.5. The molecule has 1 unspecified atom stereocenters. The van der Waals surface area contributed by atoms with Gasteiger partial charge in [-0.15, -0.1) is 0 Å². The van der Waals surface area contributed by atoms with Gasteiger partial charge < -0.3 is 19.9 Å². The minimum Gasteiger partial charge on any atom is -0.487 e. The lowest BCUT2D eigenvalue weighted by Crippen LogP contribution is -2.46. The van der Waals surface area contributed by atoms with Crippen LogP contribution in [0.5, 0.6) is 5.75 Å². The van der Waals surface area contributed by atoms with Crippen LogP contribution in [0.15, 0.2) is 41.7 Å². The number of nitrogens with zero attached hydrogens (tertiary/aromatic N) is 3. The molecule has 1 saturated carbocycles. The van der Waals surface area contributed by atoms with Crippen molar-refractivity contribution in [2.24, 2.45) is 12.0 Å². The van der Waals surface area contributed by atoms with Gasteiger partial charge in [-0.2, -0.15) is 0 Å². The van der Waals surface area contributed by atoms with Gasteiger partial charge in [0.2, 0.25) is 0 Å². The van der Waals surface area contributed by atoms with E-state index < -0.39 is 0 Å². The first-order valence-electron chi connectivity index (χ1n) is 9.40. The number of aryl methyl sites for hydroxylation is 1. The van der Waals surface area contributed by atoms with Crippen LogP contribution in [0, 0.1) is 0 Å². The zero-order valence-electron chi connectivity index (χ0n) is 15.5. The van der Waals surface area contributed by atoms with E-state index in [4.69, 9.17) is 4.74 Å². The number of hydrogen-bond donors (Lipinski definition) is 2. The minimum absolute atomic E-state index is 0.0233. The summed E-state index contributed by atoms with van der Waals surface area (Å²) in [7, 11) is 3.81. The van der Waals surface area contributed by atoms with Crippen LogP contribution in [0.1, 0.15) is 49.5 Å². The fraction of sp³-hybridized carbons (Fsp3) is 0.500. The summed E-state index contributed by atoms with van der Waals surface area (Å²) in [6.45, 7) is 0.638. The van der Waals surface area contributed by atoms with E-state index in [1.54, 1.807) is 0 Å². The first-order valence-corrected chi connectivity index (χ1v) is 9.40. The van der Waals surface area contributed by atoms with Crippen molar-refractivity contribution in [1.82, 2.24) is 20.2 Å². The summed E-state index contributed by atoms with van der Waals surface area (Å²) in [4.78, 5) is 8.78. The van der Waals surface area contributed by atoms with Crippen LogP contribution in [0.2, 0.25) is 0 Å². The molecule has 1 aromatic heterocycles. The summed E-state index contributed by atoms with van der Waals surface area (Å²) in [5.74, 6) is 2.79. The molecular weight excluding hydrogens is 326 g/mol. The zero-order chi connectivity index (χ0) is 18.0. The smallest absolute Gasteiger partial charge is 0.191 e. The molecule has 6 heteroatoms. The van der Waals surface area contributed by atoms with Gasteiger partial charge in [-0.25, -0.2) is 4.98 Å². The first-order chi connectivity index (χ1) is 12.7. The van der Waals surface area contributed by atoms with Crippen LogP contribution in [-0.2, 0) is 13.6 Å². The second kappa shape index (κ2) is 7.02.